The Balaban J connectivity index is 1.08. The minimum absolute atomic E-state index is 0.0124. The molecule has 7 heteroatoms. The topological polar surface area (TPSA) is 92.7 Å². The van der Waals surface area contributed by atoms with Crippen molar-refractivity contribution in [3.05, 3.63) is 46.0 Å². The van der Waals surface area contributed by atoms with Crippen molar-refractivity contribution in [1.29, 1.82) is 0 Å². The number of hydrogen-bond donors (Lipinski definition) is 2. The number of ketones is 1. The summed E-state index contributed by atoms with van der Waals surface area (Å²) in [6, 6.07) is 8.07. The highest BCUT2D eigenvalue weighted by molar-refractivity contribution is 6.30. The lowest BCUT2D eigenvalue weighted by atomic mass is 9.36. The van der Waals surface area contributed by atoms with Gasteiger partial charge in [0.25, 0.3) is 0 Å². The van der Waals surface area contributed by atoms with Crippen LogP contribution in [0.2, 0.25) is 5.02 Å². The molecule has 0 bridgehead atoms. The summed E-state index contributed by atoms with van der Waals surface area (Å²) in [4.78, 5) is 38.8. The summed E-state index contributed by atoms with van der Waals surface area (Å²) in [7, 11) is 0. The molecule has 0 radical (unpaired) electrons. The van der Waals surface area contributed by atoms with Crippen LogP contribution >= 0.6 is 11.6 Å². The monoisotopic (exact) mass is 719 g/mol. The van der Waals surface area contributed by atoms with E-state index >= 15 is 0 Å². The summed E-state index contributed by atoms with van der Waals surface area (Å²) < 4.78 is 6.34. The van der Waals surface area contributed by atoms with Crippen LogP contribution < -0.4 is 5.32 Å². The Labute approximate surface area is 311 Å². The van der Waals surface area contributed by atoms with E-state index in [-0.39, 0.29) is 51.5 Å². The van der Waals surface area contributed by atoms with Gasteiger partial charge >= 0.3 is 11.9 Å². The third-order valence-corrected chi connectivity index (χ3v) is 16.6. The van der Waals surface area contributed by atoms with Crippen LogP contribution in [0.1, 0.15) is 125 Å². The van der Waals surface area contributed by atoms with Gasteiger partial charge in [-0.05, 0) is 140 Å². The molecule has 6 nitrogen and oxygen atoms in total. The standard InChI is InChI=1S/C44H62ClNO5/c1-25(2)37-33(47)23-44(20-21-46-24-27-8-10-28(45)11-9-27)19-14-32-29(38(37)44)12-13-35-42(32,6)17-15-34-41(4,5)36(16-18-43(34,35)7)51-40(50)31-22-30(26(31)3)39(48)49/h8-11,25-26,29-32,34-36,46H,12-24H2,1-7H3,(H,48,49). The number of esters is 1. The molecule has 0 aliphatic heterocycles. The summed E-state index contributed by atoms with van der Waals surface area (Å²) in [5, 5.41) is 13.9. The number of allylic oxidation sites excluding steroid dienone is 2. The van der Waals surface area contributed by atoms with Gasteiger partial charge in [-0.25, -0.2) is 0 Å². The molecule has 1 aromatic rings. The molecule has 11 unspecified atom stereocenters. The number of carboxylic acids is 1. The number of aliphatic carboxylic acids is 1. The van der Waals surface area contributed by atoms with Crippen molar-refractivity contribution in [3.8, 4) is 0 Å². The van der Waals surface area contributed by atoms with E-state index in [2.05, 4.69) is 59.0 Å². The first-order valence-electron chi connectivity index (χ1n) is 20.2. The fourth-order valence-electron chi connectivity index (χ4n) is 13.7. The number of halogens is 1. The van der Waals surface area contributed by atoms with Crippen molar-refractivity contribution in [1.82, 2.24) is 5.32 Å². The van der Waals surface area contributed by atoms with Gasteiger partial charge < -0.3 is 15.2 Å². The van der Waals surface area contributed by atoms with Crippen LogP contribution in [0.15, 0.2) is 35.4 Å². The average Bonchev–Trinajstić information content (AvgIpc) is 3.36. The van der Waals surface area contributed by atoms with E-state index in [1.807, 2.05) is 19.1 Å². The number of fused-ring (bicyclic) bond motifs is 7. The van der Waals surface area contributed by atoms with Gasteiger partial charge in [-0.3, -0.25) is 14.4 Å². The Bertz CT molecular complexity index is 1580. The van der Waals surface area contributed by atoms with Crippen molar-refractivity contribution in [2.75, 3.05) is 6.54 Å². The normalized spacial score (nSPS) is 41.2. The van der Waals surface area contributed by atoms with Gasteiger partial charge in [0.05, 0.1) is 11.8 Å². The first-order valence-corrected chi connectivity index (χ1v) is 20.6. The molecule has 6 aliphatic rings. The van der Waals surface area contributed by atoms with Crippen LogP contribution in [0.4, 0.5) is 0 Å². The van der Waals surface area contributed by atoms with E-state index in [1.165, 1.54) is 36.8 Å². The lowest BCUT2D eigenvalue weighted by Crippen LogP contribution is -2.63. The number of nitrogens with one attached hydrogen (secondary N) is 1. The predicted molar refractivity (Wildman–Crippen MR) is 201 cm³/mol. The third-order valence-electron chi connectivity index (χ3n) is 16.4. The van der Waals surface area contributed by atoms with Crippen molar-refractivity contribution < 1.29 is 24.2 Å². The maximum Gasteiger partial charge on any atom is 0.309 e. The Hall–Kier alpha value is -2.18. The molecular formula is C44H62ClNO5. The minimum atomic E-state index is -0.803. The van der Waals surface area contributed by atoms with E-state index in [1.54, 1.807) is 5.57 Å². The fraction of sp³-hybridized carbons (Fsp3) is 0.750. The zero-order valence-corrected chi connectivity index (χ0v) is 32.9. The Morgan fingerprint density at radius 3 is 2.31 bits per heavy atom. The summed E-state index contributed by atoms with van der Waals surface area (Å²) in [6.07, 6.45) is 10.9. The van der Waals surface area contributed by atoms with E-state index in [9.17, 15) is 19.5 Å². The second-order valence-electron chi connectivity index (χ2n) is 19.3. The van der Waals surface area contributed by atoms with Crippen LogP contribution in [0.25, 0.3) is 0 Å². The Morgan fingerprint density at radius 1 is 0.941 bits per heavy atom. The number of carbonyl (C=O) groups is 3. The first-order chi connectivity index (χ1) is 24.0. The number of carbonyl (C=O) groups excluding carboxylic acids is 2. The molecule has 280 valence electrons. The van der Waals surface area contributed by atoms with Gasteiger partial charge in [0.2, 0.25) is 0 Å². The lowest BCUT2D eigenvalue weighted by molar-refractivity contribution is -0.217. The van der Waals surface area contributed by atoms with Crippen molar-refractivity contribution in [2.45, 2.75) is 132 Å². The first kappa shape index (κ1) is 37.1. The van der Waals surface area contributed by atoms with Crippen LogP contribution in [0.5, 0.6) is 0 Å². The van der Waals surface area contributed by atoms with Crippen LogP contribution in [-0.2, 0) is 25.7 Å². The maximum absolute atomic E-state index is 13.9. The summed E-state index contributed by atoms with van der Waals surface area (Å²) in [6.45, 7) is 17.9. The second-order valence-corrected chi connectivity index (χ2v) is 19.8. The van der Waals surface area contributed by atoms with Crippen LogP contribution in [0.3, 0.4) is 0 Å². The lowest BCUT2D eigenvalue weighted by Gasteiger charge is -2.69. The number of hydrogen-bond acceptors (Lipinski definition) is 5. The minimum Gasteiger partial charge on any atom is -0.481 e. The van der Waals surface area contributed by atoms with E-state index in [0.717, 1.165) is 50.2 Å². The molecule has 0 saturated heterocycles. The van der Waals surface area contributed by atoms with Gasteiger partial charge in [-0.15, -0.1) is 0 Å². The highest BCUT2D eigenvalue weighted by atomic mass is 35.5. The number of Topliss-reactive ketones (excluding diaryl/α,β-unsaturated/α-hetero) is 1. The zero-order valence-electron chi connectivity index (χ0n) is 32.2. The molecule has 51 heavy (non-hydrogen) atoms. The predicted octanol–water partition coefficient (Wildman–Crippen LogP) is 9.68. The van der Waals surface area contributed by atoms with Gasteiger partial charge in [0, 0.05) is 28.8 Å². The van der Waals surface area contributed by atoms with Crippen molar-refractivity contribution in [2.24, 2.45) is 69.0 Å². The molecular weight excluding hydrogens is 658 g/mol. The highest BCUT2D eigenvalue weighted by Crippen LogP contribution is 2.73. The quantitative estimate of drug-likeness (QED) is 0.195. The zero-order chi connectivity index (χ0) is 36.7. The van der Waals surface area contributed by atoms with Gasteiger partial charge in [-0.2, -0.15) is 0 Å². The van der Waals surface area contributed by atoms with E-state index in [0.29, 0.717) is 42.3 Å². The van der Waals surface area contributed by atoms with Gasteiger partial charge in [0.1, 0.15) is 6.10 Å². The molecule has 7 rings (SSSR count). The summed E-state index contributed by atoms with van der Waals surface area (Å²) in [5.74, 6) is 0.927. The van der Waals surface area contributed by atoms with Gasteiger partial charge in [0.15, 0.2) is 5.78 Å². The Morgan fingerprint density at radius 2 is 1.65 bits per heavy atom. The molecule has 0 spiro atoms. The molecule has 5 saturated carbocycles. The number of rotatable bonds is 9. The fourth-order valence-corrected chi connectivity index (χ4v) is 13.9. The molecule has 0 aromatic heterocycles. The van der Waals surface area contributed by atoms with Crippen molar-refractivity contribution in [3.63, 3.8) is 0 Å². The van der Waals surface area contributed by atoms with Crippen LogP contribution in [0, 0.1) is 69.0 Å². The highest BCUT2D eigenvalue weighted by Gasteiger charge is 2.66. The third kappa shape index (κ3) is 5.96. The molecule has 0 heterocycles. The van der Waals surface area contributed by atoms with Crippen molar-refractivity contribution >= 4 is 29.3 Å². The largest absolute Gasteiger partial charge is 0.481 e. The number of ether oxygens (including phenoxy) is 1. The number of benzene rings is 1. The smallest absolute Gasteiger partial charge is 0.309 e. The molecule has 11 atom stereocenters. The molecule has 1 aromatic carbocycles. The molecule has 2 N–H and O–H groups in total. The second kappa shape index (κ2) is 13.3. The average molecular weight is 720 g/mol. The molecule has 5 fully saturated rings. The SMILES string of the molecule is CC(C)C1=C2C3CCC4C(C)(CCC5C(C)(C)C(OC(=O)C6CC(C(=O)O)C6C)CCC54C)C3CCC2(CCNCc2ccc(Cl)cc2)CC1=O. The number of carboxylic acid groups (broad SMARTS) is 1. The van der Waals surface area contributed by atoms with E-state index < -0.39 is 11.9 Å². The van der Waals surface area contributed by atoms with E-state index in [4.69, 9.17) is 16.3 Å². The van der Waals surface area contributed by atoms with Gasteiger partial charge in [-0.1, -0.05) is 77.8 Å². The summed E-state index contributed by atoms with van der Waals surface area (Å²) >= 11 is 6.11. The Kier molecular flexibility index (Phi) is 9.68. The van der Waals surface area contributed by atoms with Crippen LogP contribution in [-0.4, -0.2) is 35.5 Å². The summed E-state index contributed by atoms with van der Waals surface area (Å²) in [5.41, 5.74) is 4.19. The maximum atomic E-state index is 13.9. The molecule has 0 amide bonds. The molecule has 6 aliphatic carbocycles.